The minimum atomic E-state index is -0.904. The van der Waals surface area contributed by atoms with E-state index in [0.29, 0.717) is 5.56 Å². The van der Waals surface area contributed by atoms with Crippen molar-refractivity contribution < 1.29 is 19.1 Å². The summed E-state index contributed by atoms with van der Waals surface area (Å²) in [5, 5.41) is 11.5. The van der Waals surface area contributed by atoms with Crippen molar-refractivity contribution in [1.29, 1.82) is 5.26 Å². The number of likely N-dealkylation sites (N-methyl/N-ethyl adjacent to an activating group) is 1. The summed E-state index contributed by atoms with van der Waals surface area (Å²) < 4.78 is 4.81. The Morgan fingerprint density at radius 3 is 2.27 bits per heavy atom. The summed E-state index contributed by atoms with van der Waals surface area (Å²) in [6.07, 6.45) is 1.38. The molecular weight excluding hydrogens is 336 g/mol. The summed E-state index contributed by atoms with van der Waals surface area (Å²) >= 11 is 0. The van der Waals surface area contributed by atoms with Gasteiger partial charge in [0.2, 0.25) is 5.91 Å². The van der Waals surface area contributed by atoms with E-state index in [1.807, 2.05) is 31.1 Å². The van der Waals surface area contributed by atoms with Crippen molar-refractivity contribution in [2.45, 2.75) is 0 Å². The molecule has 0 bridgehead atoms. The highest BCUT2D eigenvalue weighted by atomic mass is 16.5. The van der Waals surface area contributed by atoms with Crippen LogP contribution in [0.25, 0.3) is 6.08 Å². The second kappa shape index (κ2) is 9.84. The largest absolute Gasteiger partial charge is 0.451 e. The van der Waals surface area contributed by atoms with E-state index in [1.54, 1.807) is 32.3 Å². The second-order valence-corrected chi connectivity index (χ2v) is 5.80. The van der Waals surface area contributed by atoms with Crippen LogP contribution in [0.1, 0.15) is 5.56 Å². The van der Waals surface area contributed by atoms with E-state index in [4.69, 9.17) is 10.00 Å². The number of hydrogen-bond donors (Lipinski definition) is 1. The van der Waals surface area contributed by atoms with Gasteiger partial charge in [0.05, 0.1) is 6.54 Å². The number of ether oxygens (including phenoxy) is 1. The lowest BCUT2D eigenvalue weighted by molar-refractivity contribution is -0.144. The van der Waals surface area contributed by atoms with Crippen LogP contribution in [0.4, 0.5) is 5.69 Å². The van der Waals surface area contributed by atoms with Gasteiger partial charge in [-0.2, -0.15) is 5.26 Å². The van der Waals surface area contributed by atoms with Gasteiger partial charge < -0.3 is 19.9 Å². The number of amides is 2. The zero-order chi connectivity index (χ0) is 19.7. The van der Waals surface area contributed by atoms with Gasteiger partial charge in [0.25, 0.3) is 5.91 Å². The number of nitriles is 1. The first kappa shape index (κ1) is 20.7. The summed E-state index contributed by atoms with van der Waals surface area (Å²) in [7, 11) is 6.92. The maximum absolute atomic E-state index is 11.9. The van der Waals surface area contributed by atoms with Gasteiger partial charge in [0, 0.05) is 33.9 Å². The van der Waals surface area contributed by atoms with Crippen LogP contribution in [0.2, 0.25) is 0 Å². The summed E-state index contributed by atoms with van der Waals surface area (Å²) in [6, 6.07) is 8.98. The highest BCUT2D eigenvalue weighted by Gasteiger charge is 2.14. The molecule has 0 fully saturated rings. The number of hydrogen-bond acceptors (Lipinski definition) is 6. The Kier molecular flexibility index (Phi) is 7.83. The summed E-state index contributed by atoms with van der Waals surface area (Å²) in [5.74, 6) is -1.82. The molecule has 0 saturated heterocycles. The summed E-state index contributed by atoms with van der Waals surface area (Å²) in [6.45, 7) is -0.763. The molecule has 0 radical (unpaired) electrons. The Morgan fingerprint density at radius 2 is 1.77 bits per heavy atom. The van der Waals surface area contributed by atoms with E-state index in [1.165, 1.54) is 11.0 Å². The first-order chi connectivity index (χ1) is 12.2. The SMILES string of the molecule is CN(C)C(=O)CNC(=O)COC(=O)/C(C#N)=C/c1ccc(N(C)C)cc1. The second-order valence-electron chi connectivity index (χ2n) is 5.80. The molecule has 8 heteroatoms. The fourth-order valence-corrected chi connectivity index (χ4v) is 1.76. The van der Waals surface area contributed by atoms with Crippen LogP contribution in [0.5, 0.6) is 0 Å². The lowest BCUT2D eigenvalue weighted by atomic mass is 10.1. The molecule has 0 unspecified atom stereocenters. The van der Waals surface area contributed by atoms with Gasteiger partial charge in [-0.1, -0.05) is 12.1 Å². The van der Waals surface area contributed by atoms with E-state index in [2.05, 4.69) is 5.32 Å². The quantitative estimate of drug-likeness (QED) is 0.430. The molecule has 0 aliphatic rings. The number of carbonyl (C=O) groups excluding carboxylic acids is 3. The maximum Gasteiger partial charge on any atom is 0.349 e. The molecule has 0 saturated carbocycles. The van der Waals surface area contributed by atoms with Crippen LogP contribution >= 0.6 is 0 Å². The van der Waals surface area contributed by atoms with Crippen molar-refractivity contribution in [2.24, 2.45) is 0 Å². The fourth-order valence-electron chi connectivity index (χ4n) is 1.76. The number of rotatable bonds is 7. The summed E-state index contributed by atoms with van der Waals surface area (Å²) in [5.41, 5.74) is 1.41. The van der Waals surface area contributed by atoms with Gasteiger partial charge in [-0.25, -0.2) is 4.79 Å². The number of benzene rings is 1. The molecule has 1 rings (SSSR count). The number of esters is 1. The molecule has 0 atom stereocenters. The van der Waals surface area contributed by atoms with Gasteiger partial charge in [-0.3, -0.25) is 9.59 Å². The van der Waals surface area contributed by atoms with Gasteiger partial charge in [0.15, 0.2) is 6.61 Å². The third-order valence-corrected chi connectivity index (χ3v) is 3.33. The van der Waals surface area contributed by atoms with Gasteiger partial charge in [-0.15, -0.1) is 0 Å². The van der Waals surface area contributed by atoms with Crippen molar-refractivity contribution >= 4 is 29.5 Å². The van der Waals surface area contributed by atoms with Gasteiger partial charge in [0.1, 0.15) is 11.6 Å². The Balaban J connectivity index is 2.62. The molecule has 1 aromatic rings. The third kappa shape index (κ3) is 6.65. The highest BCUT2D eigenvalue weighted by molar-refractivity contribution is 5.99. The first-order valence-corrected chi connectivity index (χ1v) is 7.77. The standard InChI is InChI=1S/C18H22N4O4/c1-21(2)15-7-5-13(6-8-15)9-14(10-19)18(25)26-12-16(23)20-11-17(24)22(3)4/h5-9H,11-12H2,1-4H3,(H,20,23)/b14-9+. The highest BCUT2D eigenvalue weighted by Crippen LogP contribution is 2.15. The molecule has 0 spiro atoms. The van der Waals surface area contributed by atoms with Crippen LogP contribution in [0, 0.1) is 11.3 Å². The van der Waals surface area contributed by atoms with Crippen LogP contribution < -0.4 is 10.2 Å². The van der Waals surface area contributed by atoms with Crippen molar-refractivity contribution in [1.82, 2.24) is 10.2 Å². The van der Waals surface area contributed by atoms with Crippen LogP contribution in [0.15, 0.2) is 29.8 Å². The van der Waals surface area contributed by atoms with Crippen molar-refractivity contribution in [3.05, 3.63) is 35.4 Å². The number of carbonyl (C=O) groups is 3. The van der Waals surface area contributed by atoms with Crippen LogP contribution in [-0.2, 0) is 19.1 Å². The lowest BCUT2D eigenvalue weighted by Crippen LogP contribution is -2.38. The molecule has 26 heavy (non-hydrogen) atoms. The fraction of sp³-hybridized carbons (Fsp3) is 0.333. The van der Waals surface area contributed by atoms with Crippen LogP contribution in [-0.4, -0.2) is 64.0 Å². The van der Waals surface area contributed by atoms with Crippen molar-refractivity contribution in [2.75, 3.05) is 46.2 Å². The Labute approximate surface area is 152 Å². The van der Waals surface area contributed by atoms with Crippen molar-refractivity contribution in [3.8, 4) is 6.07 Å². The Bertz CT molecular complexity index is 731. The topological polar surface area (TPSA) is 103 Å². The molecular formula is C18H22N4O4. The normalized spacial score (nSPS) is 10.5. The van der Waals surface area contributed by atoms with Crippen LogP contribution in [0.3, 0.4) is 0 Å². The molecule has 0 aromatic heterocycles. The maximum atomic E-state index is 11.9. The number of nitrogens with zero attached hydrogens (tertiary/aromatic N) is 3. The minimum absolute atomic E-state index is 0.192. The Hall–Kier alpha value is -3.34. The van der Waals surface area contributed by atoms with E-state index >= 15 is 0 Å². The molecule has 8 nitrogen and oxygen atoms in total. The Morgan fingerprint density at radius 1 is 1.15 bits per heavy atom. The number of anilines is 1. The van der Waals surface area contributed by atoms with Gasteiger partial charge >= 0.3 is 5.97 Å². The zero-order valence-electron chi connectivity index (χ0n) is 15.3. The molecule has 0 aliphatic carbocycles. The van der Waals surface area contributed by atoms with Gasteiger partial charge in [-0.05, 0) is 23.8 Å². The monoisotopic (exact) mass is 358 g/mol. The van der Waals surface area contributed by atoms with E-state index in [-0.39, 0.29) is 18.0 Å². The predicted molar refractivity (Wildman–Crippen MR) is 97.0 cm³/mol. The molecule has 2 amide bonds. The molecule has 1 N–H and O–H groups in total. The zero-order valence-corrected chi connectivity index (χ0v) is 15.3. The average molecular weight is 358 g/mol. The van der Waals surface area contributed by atoms with E-state index in [9.17, 15) is 14.4 Å². The number of nitrogens with one attached hydrogen (secondary N) is 1. The molecule has 0 aliphatic heterocycles. The predicted octanol–water partition coefficient (Wildman–Crippen LogP) is 0.407. The third-order valence-electron chi connectivity index (χ3n) is 3.33. The first-order valence-electron chi connectivity index (χ1n) is 7.77. The smallest absolute Gasteiger partial charge is 0.349 e. The summed E-state index contributed by atoms with van der Waals surface area (Å²) in [4.78, 5) is 38.1. The van der Waals surface area contributed by atoms with E-state index < -0.39 is 18.5 Å². The molecule has 0 heterocycles. The van der Waals surface area contributed by atoms with E-state index in [0.717, 1.165) is 5.69 Å². The van der Waals surface area contributed by atoms with Crippen molar-refractivity contribution in [3.63, 3.8) is 0 Å². The average Bonchev–Trinajstić information content (AvgIpc) is 2.62. The molecule has 138 valence electrons. The lowest BCUT2D eigenvalue weighted by Gasteiger charge is -2.12. The minimum Gasteiger partial charge on any atom is -0.451 e. The molecule has 1 aromatic carbocycles.